The molecule has 0 saturated carbocycles. The standard InChI is InChI=1S/C8H16O12P2/c9-3-4(10)1-8(7(13)14,22(18,19)20)2-5(6(11)12)21(15,16)17/h4-5,9-10H,1-3H2,(H,11,12)(H,13,14)(H2,15,16,17)(H2,18,19,20). The minimum absolute atomic E-state index is 1.09. The summed E-state index contributed by atoms with van der Waals surface area (Å²) in [5.74, 6) is -4.42. The summed E-state index contributed by atoms with van der Waals surface area (Å²) in [4.78, 5) is 58.5. The van der Waals surface area contributed by atoms with E-state index in [2.05, 4.69) is 0 Å². The molecule has 22 heavy (non-hydrogen) atoms. The fourth-order valence-electron chi connectivity index (χ4n) is 1.74. The summed E-state index contributed by atoms with van der Waals surface area (Å²) >= 11 is 0. The van der Waals surface area contributed by atoms with Gasteiger partial charge in [-0.1, -0.05) is 0 Å². The lowest BCUT2D eigenvalue weighted by Crippen LogP contribution is -2.46. The van der Waals surface area contributed by atoms with E-state index in [0.29, 0.717) is 0 Å². The minimum atomic E-state index is -5.67. The third-order valence-corrected chi connectivity index (χ3v) is 5.85. The lowest BCUT2D eigenvalue weighted by molar-refractivity contribution is -0.143. The lowest BCUT2D eigenvalue weighted by atomic mass is 9.95. The number of aliphatic carboxylic acids is 2. The van der Waals surface area contributed by atoms with Crippen molar-refractivity contribution in [3.8, 4) is 0 Å². The van der Waals surface area contributed by atoms with Gasteiger partial charge < -0.3 is 40.0 Å². The highest BCUT2D eigenvalue weighted by Crippen LogP contribution is 2.59. The molecule has 8 N–H and O–H groups in total. The van der Waals surface area contributed by atoms with Crippen molar-refractivity contribution in [2.24, 2.45) is 0 Å². The minimum Gasteiger partial charge on any atom is -0.481 e. The third kappa shape index (κ3) is 4.83. The van der Waals surface area contributed by atoms with Crippen LogP contribution >= 0.6 is 15.2 Å². The van der Waals surface area contributed by atoms with Crippen molar-refractivity contribution < 1.29 is 58.7 Å². The normalized spacial score (nSPS) is 18.3. The number of carboxylic acid groups (broad SMARTS) is 2. The molecule has 12 nitrogen and oxygen atoms in total. The zero-order chi connectivity index (χ0) is 17.9. The van der Waals surface area contributed by atoms with Crippen molar-refractivity contribution in [1.82, 2.24) is 0 Å². The molecule has 3 unspecified atom stereocenters. The van der Waals surface area contributed by atoms with E-state index in [-0.39, 0.29) is 0 Å². The van der Waals surface area contributed by atoms with E-state index in [1.165, 1.54) is 0 Å². The van der Waals surface area contributed by atoms with Gasteiger partial charge in [0, 0.05) is 6.42 Å². The van der Waals surface area contributed by atoms with Crippen molar-refractivity contribution in [1.29, 1.82) is 0 Å². The Morgan fingerprint density at radius 2 is 1.45 bits per heavy atom. The van der Waals surface area contributed by atoms with Gasteiger partial charge in [-0.25, -0.2) is 0 Å². The van der Waals surface area contributed by atoms with Crippen LogP contribution in [0.15, 0.2) is 0 Å². The summed E-state index contributed by atoms with van der Waals surface area (Å²) in [5, 5.41) is 32.5. The summed E-state index contributed by atoms with van der Waals surface area (Å²) in [6, 6.07) is 0. The van der Waals surface area contributed by atoms with Gasteiger partial charge in [0.05, 0.1) is 12.7 Å². The molecule has 0 aromatic rings. The SMILES string of the molecule is O=C(O)C(CC(CC(O)CO)(C(=O)O)P(=O)(O)O)P(=O)(O)O. The van der Waals surface area contributed by atoms with Gasteiger partial charge in [-0.15, -0.1) is 0 Å². The van der Waals surface area contributed by atoms with Crippen molar-refractivity contribution in [2.45, 2.75) is 29.8 Å². The molecule has 14 heteroatoms. The van der Waals surface area contributed by atoms with E-state index in [9.17, 15) is 33.6 Å². The van der Waals surface area contributed by atoms with Crippen LogP contribution in [0.25, 0.3) is 0 Å². The third-order valence-electron chi connectivity index (χ3n) is 2.96. The second kappa shape index (κ2) is 7.16. The Kier molecular flexibility index (Phi) is 6.88. The van der Waals surface area contributed by atoms with Crippen LogP contribution in [0.1, 0.15) is 12.8 Å². The van der Waals surface area contributed by atoms with Gasteiger partial charge in [0.2, 0.25) is 0 Å². The molecule has 0 fully saturated rings. The van der Waals surface area contributed by atoms with Gasteiger partial charge >= 0.3 is 27.1 Å². The van der Waals surface area contributed by atoms with E-state index in [4.69, 9.17) is 25.1 Å². The van der Waals surface area contributed by atoms with Gasteiger partial charge in [-0.05, 0) is 6.42 Å². The number of aliphatic hydroxyl groups is 2. The highest BCUT2D eigenvalue weighted by Gasteiger charge is 2.59. The maximum Gasteiger partial charge on any atom is 0.342 e. The highest BCUT2D eigenvalue weighted by atomic mass is 31.2. The average Bonchev–Trinajstić information content (AvgIpc) is 2.29. The lowest BCUT2D eigenvalue weighted by Gasteiger charge is -2.33. The summed E-state index contributed by atoms with van der Waals surface area (Å²) in [7, 11) is -11.1. The average molecular weight is 366 g/mol. The topological polar surface area (TPSA) is 230 Å². The molecule has 0 spiro atoms. The molecule has 3 atom stereocenters. The van der Waals surface area contributed by atoms with Gasteiger partial charge in [0.15, 0.2) is 10.8 Å². The number of rotatable bonds is 9. The number of hydrogen-bond acceptors (Lipinski definition) is 6. The second-order valence-electron chi connectivity index (χ2n) is 4.57. The molecule has 0 saturated heterocycles. The molecular formula is C8H16O12P2. The molecule has 0 rings (SSSR count). The van der Waals surface area contributed by atoms with Gasteiger partial charge in [0.25, 0.3) is 0 Å². The first-order chi connectivity index (χ1) is 9.69. The van der Waals surface area contributed by atoms with Crippen LogP contribution in [0.3, 0.4) is 0 Å². The van der Waals surface area contributed by atoms with Crippen molar-refractivity contribution in [2.75, 3.05) is 6.61 Å². The van der Waals surface area contributed by atoms with Crippen LogP contribution in [0.2, 0.25) is 0 Å². The van der Waals surface area contributed by atoms with Gasteiger partial charge in [-0.3, -0.25) is 18.7 Å². The summed E-state index contributed by atoms with van der Waals surface area (Å²) < 4.78 is 22.6. The number of carbonyl (C=O) groups is 2. The zero-order valence-corrected chi connectivity index (χ0v) is 12.7. The summed E-state index contributed by atoms with van der Waals surface area (Å²) in [5.41, 5.74) is -2.71. The molecule has 0 aliphatic rings. The first kappa shape index (κ1) is 21.2. The van der Waals surface area contributed by atoms with Crippen molar-refractivity contribution >= 4 is 27.1 Å². The quantitative estimate of drug-likeness (QED) is 0.202. The van der Waals surface area contributed by atoms with Crippen LogP contribution in [0, 0.1) is 0 Å². The number of aliphatic hydroxyl groups excluding tert-OH is 2. The molecule has 0 radical (unpaired) electrons. The maximum atomic E-state index is 11.5. The molecule has 0 heterocycles. The highest BCUT2D eigenvalue weighted by molar-refractivity contribution is 7.55. The largest absolute Gasteiger partial charge is 0.481 e. The fraction of sp³-hybridized carbons (Fsp3) is 0.750. The van der Waals surface area contributed by atoms with Crippen LogP contribution in [-0.4, -0.2) is 75.5 Å². The summed E-state index contributed by atoms with van der Waals surface area (Å²) in [6.07, 6.45) is -4.88. The Morgan fingerprint density at radius 1 is 1.00 bits per heavy atom. The van der Waals surface area contributed by atoms with Crippen molar-refractivity contribution in [3.63, 3.8) is 0 Å². The number of carboxylic acids is 2. The monoisotopic (exact) mass is 366 g/mol. The van der Waals surface area contributed by atoms with E-state index in [1.54, 1.807) is 0 Å². The van der Waals surface area contributed by atoms with E-state index >= 15 is 0 Å². The van der Waals surface area contributed by atoms with Crippen LogP contribution in [-0.2, 0) is 18.7 Å². The molecule has 0 amide bonds. The Morgan fingerprint density at radius 3 is 1.68 bits per heavy atom. The maximum absolute atomic E-state index is 11.5. The van der Waals surface area contributed by atoms with Crippen LogP contribution in [0.5, 0.6) is 0 Å². The zero-order valence-electron chi connectivity index (χ0n) is 10.9. The van der Waals surface area contributed by atoms with E-state index in [0.717, 1.165) is 0 Å². The number of hydrogen-bond donors (Lipinski definition) is 8. The Balaban J connectivity index is 6.07. The summed E-state index contributed by atoms with van der Waals surface area (Å²) in [6.45, 7) is -1.09. The first-order valence-corrected chi connectivity index (χ1v) is 8.84. The Hall–Kier alpha value is -0.840. The fourth-order valence-corrected chi connectivity index (χ4v) is 3.84. The predicted molar refractivity (Wildman–Crippen MR) is 68.2 cm³/mol. The van der Waals surface area contributed by atoms with Crippen molar-refractivity contribution in [3.05, 3.63) is 0 Å². The molecular weight excluding hydrogens is 350 g/mol. The van der Waals surface area contributed by atoms with E-state index in [1.807, 2.05) is 0 Å². The molecule has 130 valence electrons. The molecule has 0 aromatic carbocycles. The van der Waals surface area contributed by atoms with Crippen LogP contribution < -0.4 is 0 Å². The molecule has 0 bridgehead atoms. The Bertz CT molecular complexity index is 519. The smallest absolute Gasteiger partial charge is 0.342 e. The first-order valence-electron chi connectivity index (χ1n) is 5.55. The Labute approximate surface area is 123 Å². The molecule has 0 aromatic heterocycles. The van der Waals surface area contributed by atoms with Crippen LogP contribution in [0.4, 0.5) is 0 Å². The predicted octanol–water partition coefficient (Wildman–Crippen LogP) is -2.25. The van der Waals surface area contributed by atoms with Gasteiger partial charge in [-0.2, -0.15) is 0 Å². The molecule has 0 aliphatic heterocycles. The molecule has 0 aliphatic carbocycles. The van der Waals surface area contributed by atoms with E-state index < -0.39 is 63.5 Å². The second-order valence-corrected chi connectivity index (χ2v) is 8.31. The van der Waals surface area contributed by atoms with Gasteiger partial charge in [0.1, 0.15) is 0 Å².